The zero-order valence-corrected chi connectivity index (χ0v) is 19.7. The Morgan fingerprint density at radius 3 is 2.48 bits per heavy atom. The van der Waals surface area contributed by atoms with E-state index in [9.17, 15) is 19.8 Å². The van der Waals surface area contributed by atoms with Gasteiger partial charge in [-0.1, -0.05) is 34.1 Å². The van der Waals surface area contributed by atoms with Crippen LogP contribution in [0.3, 0.4) is 0 Å². The molecule has 2 aromatic carbocycles. The van der Waals surface area contributed by atoms with Crippen LogP contribution in [0.2, 0.25) is 0 Å². The number of morpholine rings is 1. The summed E-state index contributed by atoms with van der Waals surface area (Å²) in [6.45, 7) is 3.62. The largest absolute Gasteiger partial charge is 0.507 e. The molecular weight excluding hydrogens is 492 g/mol. The van der Waals surface area contributed by atoms with Crippen molar-refractivity contribution in [2.45, 2.75) is 6.04 Å². The number of ether oxygens (including phenoxy) is 2. The highest BCUT2D eigenvalue weighted by Gasteiger charge is 2.46. The van der Waals surface area contributed by atoms with Crippen molar-refractivity contribution < 1.29 is 29.3 Å². The van der Waals surface area contributed by atoms with E-state index in [1.807, 2.05) is 0 Å². The van der Waals surface area contributed by atoms with Crippen LogP contribution in [0, 0.1) is 0 Å². The van der Waals surface area contributed by atoms with Crippen LogP contribution >= 0.6 is 15.9 Å². The molecule has 0 aliphatic carbocycles. The predicted molar refractivity (Wildman–Crippen MR) is 125 cm³/mol. The molecule has 174 valence electrons. The van der Waals surface area contributed by atoms with Crippen molar-refractivity contribution in [3.63, 3.8) is 0 Å². The number of nitrogens with zero attached hydrogens (tertiary/aromatic N) is 2. The molecule has 1 atom stereocenters. The number of carbonyl (C=O) groups excluding carboxylic acids is 2. The second kappa shape index (κ2) is 9.94. The molecule has 2 heterocycles. The first kappa shape index (κ1) is 23.3. The lowest BCUT2D eigenvalue weighted by Gasteiger charge is -2.31. The Morgan fingerprint density at radius 1 is 1.12 bits per heavy atom. The molecule has 1 unspecified atom stereocenters. The van der Waals surface area contributed by atoms with E-state index in [-0.39, 0.29) is 22.8 Å². The molecule has 33 heavy (non-hydrogen) atoms. The highest BCUT2D eigenvalue weighted by atomic mass is 79.9. The quantitative estimate of drug-likeness (QED) is 0.346. The number of carbonyl (C=O) groups is 2. The Kier molecular flexibility index (Phi) is 7.02. The first-order valence-electron chi connectivity index (χ1n) is 10.6. The van der Waals surface area contributed by atoms with E-state index in [2.05, 4.69) is 20.8 Å². The molecule has 0 bridgehead atoms. The number of phenolic OH excluding ortho intramolecular Hbond substituents is 1. The van der Waals surface area contributed by atoms with Gasteiger partial charge in [0.1, 0.15) is 5.76 Å². The smallest absolute Gasteiger partial charge is 0.295 e. The Balaban J connectivity index is 1.76. The summed E-state index contributed by atoms with van der Waals surface area (Å²) in [4.78, 5) is 29.9. The van der Waals surface area contributed by atoms with Crippen LogP contribution in [0.25, 0.3) is 5.76 Å². The summed E-state index contributed by atoms with van der Waals surface area (Å²) >= 11 is 3.36. The van der Waals surface area contributed by atoms with Gasteiger partial charge in [0.15, 0.2) is 11.5 Å². The number of aromatic hydroxyl groups is 1. The molecule has 2 aromatic rings. The standard InChI is InChI=1S/C24H25BrN2O6/c1-32-19-14-16(4-7-18(19)28)21-20(22(29)15-2-5-17(25)6-3-15)23(30)24(31)27(21)9-8-26-10-12-33-13-11-26/h2-7,14,21,28-29H,8-13H2,1H3/b22-20+. The van der Waals surface area contributed by atoms with Crippen LogP contribution < -0.4 is 4.74 Å². The number of amides is 1. The SMILES string of the molecule is COc1cc(C2/C(=C(\O)c3ccc(Br)cc3)C(=O)C(=O)N2CCN2CCOCC2)ccc1O. The lowest BCUT2D eigenvalue weighted by molar-refractivity contribution is -0.140. The minimum atomic E-state index is -0.816. The zero-order valence-electron chi connectivity index (χ0n) is 18.2. The maximum Gasteiger partial charge on any atom is 0.295 e. The van der Waals surface area contributed by atoms with Gasteiger partial charge in [-0.2, -0.15) is 0 Å². The van der Waals surface area contributed by atoms with Gasteiger partial charge in [0.05, 0.1) is 31.9 Å². The van der Waals surface area contributed by atoms with Gasteiger partial charge in [-0.25, -0.2) is 0 Å². The van der Waals surface area contributed by atoms with Crippen LogP contribution in [0.5, 0.6) is 11.5 Å². The van der Waals surface area contributed by atoms with E-state index in [0.717, 1.165) is 17.6 Å². The Hall–Kier alpha value is -2.88. The van der Waals surface area contributed by atoms with Crippen LogP contribution in [0.4, 0.5) is 0 Å². The van der Waals surface area contributed by atoms with Crippen molar-refractivity contribution in [2.24, 2.45) is 0 Å². The van der Waals surface area contributed by atoms with Gasteiger partial charge in [0.25, 0.3) is 11.7 Å². The molecule has 1 amide bonds. The number of Topliss-reactive ketones (excluding diaryl/α,β-unsaturated/α-hetero) is 1. The van der Waals surface area contributed by atoms with Crippen molar-refractivity contribution in [3.05, 3.63) is 63.6 Å². The van der Waals surface area contributed by atoms with Crippen LogP contribution in [0.15, 0.2) is 52.5 Å². The van der Waals surface area contributed by atoms with Gasteiger partial charge in [-0.05, 0) is 29.8 Å². The highest BCUT2D eigenvalue weighted by Crippen LogP contribution is 2.41. The monoisotopic (exact) mass is 516 g/mol. The predicted octanol–water partition coefficient (Wildman–Crippen LogP) is 2.92. The molecule has 4 rings (SSSR count). The molecule has 2 fully saturated rings. The second-order valence-corrected chi connectivity index (χ2v) is 8.80. The number of aliphatic hydroxyl groups is 1. The third-order valence-corrected chi connectivity index (χ3v) is 6.47. The number of benzene rings is 2. The molecule has 2 aliphatic rings. The third kappa shape index (κ3) is 4.75. The van der Waals surface area contributed by atoms with Gasteiger partial charge in [0.2, 0.25) is 0 Å². The number of ketones is 1. The van der Waals surface area contributed by atoms with E-state index in [4.69, 9.17) is 9.47 Å². The lowest BCUT2D eigenvalue weighted by Crippen LogP contribution is -2.42. The molecular formula is C24H25BrN2O6. The molecule has 0 radical (unpaired) electrons. The summed E-state index contributed by atoms with van der Waals surface area (Å²) in [6, 6.07) is 10.7. The molecule has 2 saturated heterocycles. The zero-order chi connectivity index (χ0) is 23.5. The molecule has 0 saturated carbocycles. The van der Waals surface area contributed by atoms with Crippen LogP contribution in [-0.2, 0) is 14.3 Å². The van der Waals surface area contributed by atoms with Gasteiger partial charge in [-0.3, -0.25) is 14.5 Å². The Labute approximate surface area is 200 Å². The van der Waals surface area contributed by atoms with Crippen molar-refractivity contribution in [1.82, 2.24) is 9.80 Å². The summed E-state index contributed by atoms with van der Waals surface area (Å²) in [6.07, 6.45) is 0. The van der Waals surface area contributed by atoms with Crippen molar-refractivity contribution in [2.75, 3.05) is 46.5 Å². The minimum Gasteiger partial charge on any atom is -0.507 e. The average Bonchev–Trinajstić information content (AvgIpc) is 3.08. The summed E-state index contributed by atoms with van der Waals surface area (Å²) < 4.78 is 11.4. The molecule has 2 aliphatic heterocycles. The fraction of sp³-hybridized carbons (Fsp3) is 0.333. The van der Waals surface area contributed by atoms with Gasteiger partial charge >= 0.3 is 0 Å². The molecule has 0 spiro atoms. The topological polar surface area (TPSA) is 99.5 Å². The average molecular weight is 517 g/mol. The minimum absolute atomic E-state index is 0.0112. The number of likely N-dealkylation sites (tertiary alicyclic amines) is 1. The van der Waals surface area contributed by atoms with E-state index < -0.39 is 17.7 Å². The summed E-state index contributed by atoms with van der Waals surface area (Å²) in [5, 5.41) is 21.1. The first-order valence-corrected chi connectivity index (χ1v) is 11.4. The van der Waals surface area contributed by atoms with Crippen molar-refractivity contribution in [3.8, 4) is 11.5 Å². The third-order valence-electron chi connectivity index (χ3n) is 5.94. The van der Waals surface area contributed by atoms with Crippen LogP contribution in [-0.4, -0.2) is 78.2 Å². The lowest BCUT2D eigenvalue weighted by atomic mass is 9.95. The number of aliphatic hydroxyl groups excluding tert-OH is 1. The highest BCUT2D eigenvalue weighted by molar-refractivity contribution is 9.10. The Bertz CT molecular complexity index is 1080. The molecule has 0 aromatic heterocycles. The summed E-state index contributed by atoms with van der Waals surface area (Å²) in [5.41, 5.74) is 1.00. The van der Waals surface area contributed by atoms with E-state index in [0.29, 0.717) is 37.4 Å². The van der Waals surface area contributed by atoms with E-state index in [1.54, 1.807) is 36.4 Å². The van der Waals surface area contributed by atoms with Crippen molar-refractivity contribution >= 4 is 33.4 Å². The van der Waals surface area contributed by atoms with Gasteiger partial charge < -0.3 is 24.6 Å². The molecule has 9 heteroatoms. The van der Waals surface area contributed by atoms with E-state index >= 15 is 0 Å². The molecule has 8 nitrogen and oxygen atoms in total. The summed E-state index contributed by atoms with van der Waals surface area (Å²) in [5.74, 6) is -1.49. The number of halogens is 1. The Morgan fingerprint density at radius 2 is 1.82 bits per heavy atom. The number of rotatable bonds is 6. The number of hydrogen-bond acceptors (Lipinski definition) is 7. The van der Waals surface area contributed by atoms with Gasteiger partial charge in [-0.15, -0.1) is 0 Å². The van der Waals surface area contributed by atoms with Gasteiger partial charge in [0, 0.05) is 36.2 Å². The maximum absolute atomic E-state index is 13.1. The van der Waals surface area contributed by atoms with Crippen LogP contribution in [0.1, 0.15) is 17.2 Å². The first-order chi connectivity index (χ1) is 15.9. The fourth-order valence-corrected chi connectivity index (χ4v) is 4.42. The molecule has 2 N–H and O–H groups in total. The number of hydrogen-bond donors (Lipinski definition) is 2. The fourth-order valence-electron chi connectivity index (χ4n) is 4.16. The van der Waals surface area contributed by atoms with Crippen molar-refractivity contribution in [1.29, 1.82) is 0 Å². The summed E-state index contributed by atoms with van der Waals surface area (Å²) in [7, 11) is 1.43. The number of phenols is 1. The second-order valence-electron chi connectivity index (χ2n) is 7.88. The normalized spacial score (nSPS) is 20.9. The van der Waals surface area contributed by atoms with E-state index in [1.165, 1.54) is 18.1 Å². The number of methoxy groups -OCH3 is 1. The maximum atomic E-state index is 13.1.